The van der Waals surface area contributed by atoms with Gasteiger partial charge < -0.3 is 0 Å². The molecule has 0 radical (unpaired) electrons. The van der Waals surface area contributed by atoms with E-state index < -0.39 is 11.8 Å². The fourth-order valence-electron chi connectivity index (χ4n) is 5.67. The number of carbonyl (C=O) groups is 2. The zero-order valence-electron chi connectivity index (χ0n) is 26.2. The second-order valence-electron chi connectivity index (χ2n) is 11.2. The van der Waals surface area contributed by atoms with Gasteiger partial charge in [0.2, 0.25) is 0 Å². The van der Waals surface area contributed by atoms with Crippen molar-refractivity contribution in [1.82, 2.24) is 15.1 Å². The van der Waals surface area contributed by atoms with E-state index in [0.717, 1.165) is 25.2 Å². The molecule has 1 saturated heterocycles. The fourth-order valence-corrected chi connectivity index (χ4v) is 6.16. The molecule has 0 bridgehead atoms. The molecule has 3 aromatic carbocycles. The van der Waals surface area contributed by atoms with Crippen LogP contribution < -0.4 is 5.32 Å². The Morgan fingerprint density at radius 3 is 2.55 bits per heavy atom. The summed E-state index contributed by atoms with van der Waals surface area (Å²) >= 11 is 12.5. The number of halogens is 2. The van der Waals surface area contributed by atoms with E-state index in [4.69, 9.17) is 23.2 Å². The van der Waals surface area contributed by atoms with Gasteiger partial charge in [0, 0.05) is 0 Å². The van der Waals surface area contributed by atoms with Gasteiger partial charge in [-0.2, -0.15) is 0 Å². The third kappa shape index (κ3) is 11.2. The van der Waals surface area contributed by atoms with E-state index in [0.29, 0.717) is 68.9 Å². The number of benzene rings is 3. The summed E-state index contributed by atoms with van der Waals surface area (Å²) in [4.78, 5) is 41.8. The van der Waals surface area contributed by atoms with Crippen molar-refractivity contribution in [3.05, 3.63) is 81.8 Å². The van der Waals surface area contributed by atoms with Crippen LogP contribution in [0.25, 0.3) is 10.8 Å². The second-order valence-corrected chi connectivity index (χ2v) is 12.1. The molecule has 3 aromatic rings. The van der Waals surface area contributed by atoms with Gasteiger partial charge in [-0.25, -0.2) is 0 Å². The van der Waals surface area contributed by atoms with Gasteiger partial charge in [-0.05, 0) is 10.8 Å². The van der Waals surface area contributed by atoms with Crippen LogP contribution in [-0.2, 0) is 27.0 Å². The molecule has 240 valence electrons. The summed E-state index contributed by atoms with van der Waals surface area (Å²) < 4.78 is 21.9. The minimum atomic E-state index is -0.837. The van der Waals surface area contributed by atoms with Crippen molar-refractivity contribution in [2.75, 3.05) is 32.7 Å². The molecule has 1 aliphatic rings. The number of amides is 2. The van der Waals surface area contributed by atoms with Gasteiger partial charge in [0.05, 0.1) is 0 Å². The van der Waals surface area contributed by atoms with Crippen molar-refractivity contribution < 1.29 is 19.0 Å². The summed E-state index contributed by atoms with van der Waals surface area (Å²) in [6.45, 7) is 3.10. The van der Waals surface area contributed by atoms with Crippen LogP contribution in [0.2, 0.25) is 10.0 Å². The quantitative estimate of drug-likeness (QED) is 0.129. The Labute approximate surface area is 286 Å². The Bertz CT molecular complexity index is 1670. The molecule has 1 heterocycles. The van der Waals surface area contributed by atoms with Crippen LogP contribution in [-0.4, -0.2) is 107 Å². The average Bonchev–Trinajstić information content (AvgIpc) is 3.06. The Balaban J connectivity index is 1.48. The summed E-state index contributed by atoms with van der Waals surface area (Å²) in [6.07, 6.45) is 4.49. The van der Waals surface area contributed by atoms with Crippen molar-refractivity contribution >= 4 is 86.0 Å². The van der Waals surface area contributed by atoms with E-state index in [1.807, 2.05) is 17.0 Å². The number of rotatable bonds is 13. The molecule has 1 N–H and O–H groups in total. The maximum atomic E-state index is 14.1. The molecule has 2 amide bonds. The number of piperazine rings is 1. The van der Waals surface area contributed by atoms with Crippen molar-refractivity contribution in [3.63, 3.8) is 0 Å². The summed E-state index contributed by atoms with van der Waals surface area (Å²) in [6, 6.07) is 18.9. The molecule has 10 nitrogen and oxygen atoms in total. The third-order valence-electron chi connectivity index (χ3n) is 7.94. The first-order chi connectivity index (χ1) is 22.8. The summed E-state index contributed by atoms with van der Waals surface area (Å²) in [5.74, 6) is -0.568. The number of carbonyl (C=O) groups excluding carboxylic acids is 2. The van der Waals surface area contributed by atoms with Crippen LogP contribution >= 0.6 is 23.2 Å². The van der Waals surface area contributed by atoms with E-state index in [-0.39, 0.29) is 24.3 Å². The molecule has 4 rings (SSSR count). The summed E-state index contributed by atoms with van der Waals surface area (Å²) in [7, 11) is 2.37. The number of nitrogens with zero attached hydrogens (tertiary/aromatic N) is 5. The number of aliphatic imine (C=N–C) groups is 3. The molecule has 0 spiro atoms. The number of hydrogen-bond donors (Lipinski definition) is 1. The normalized spacial score (nSPS) is 16.3. The van der Waals surface area contributed by atoms with Crippen LogP contribution in [0.3, 0.4) is 0 Å². The SMILES string of the molecule is BC(=O)/N=C(\N=C/B=O)NCCC[C@H]1CN(CCc2ccc3ccccc3c2)CCN1C(=O)[C@@H](Cc1ccc(Cl)cc1Cl)/N=C\B=O. The maximum absolute atomic E-state index is 14.1. The number of guanidine groups is 1. The van der Waals surface area contributed by atoms with Crippen molar-refractivity contribution in [3.8, 4) is 0 Å². The molecule has 1 aliphatic heterocycles. The van der Waals surface area contributed by atoms with E-state index >= 15 is 0 Å². The van der Waals surface area contributed by atoms with Crippen LogP contribution in [0.1, 0.15) is 24.0 Å². The van der Waals surface area contributed by atoms with E-state index in [2.05, 4.69) is 55.5 Å². The molecule has 47 heavy (non-hydrogen) atoms. The molecule has 15 heteroatoms. The molecular weight excluding hydrogens is 636 g/mol. The fraction of sp³-hybridized carbons (Fsp3) is 0.344. The molecule has 1 fully saturated rings. The van der Waals surface area contributed by atoms with Gasteiger partial charge >= 0.3 is 246 Å². The van der Waals surface area contributed by atoms with Crippen LogP contribution in [0, 0.1) is 0 Å². The molecule has 2 atom stereocenters. The van der Waals surface area contributed by atoms with E-state index in [1.165, 1.54) is 24.2 Å². The number of nitrogens with one attached hydrogen (secondary N) is 1. The minimum absolute atomic E-state index is 0.0568. The molecule has 0 aliphatic carbocycles. The topological polar surface area (TPSA) is 124 Å². The van der Waals surface area contributed by atoms with Gasteiger partial charge in [-0.15, -0.1) is 0 Å². The van der Waals surface area contributed by atoms with Crippen LogP contribution in [0.4, 0.5) is 4.79 Å². The molecular formula is C32H35B3Cl2N6O4. The zero-order valence-corrected chi connectivity index (χ0v) is 27.7. The second kappa shape index (κ2) is 18.5. The van der Waals surface area contributed by atoms with Gasteiger partial charge in [-0.3, -0.25) is 0 Å². The van der Waals surface area contributed by atoms with Crippen molar-refractivity contribution in [2.24, 2.45) is 15.0 Å². The summed E-state index contributed by atoms with van der Waals surface area (Å²) in [5, 5.41) is 6.33. The average molecular weight is 671 g/mol. The van der Waals surface area contributed by atoms with Crippen molar-refractivity contribution in [2.45, 2.75) is 37.8 Å². The molecule has 0 aromatic heterocycles. The van der Waals surface area contributed by atoms with Crippen LogP contribution in [0.15, 0.2) is 75.6 Å². The van der Waals surface area contributed by atoms with Gasteiger partial charge in [0.25, 0.3) is 0 Å². The first kappa shape index (κ1) is 36.0. The first-order valence-electron chi connectivity index (χ1n) is 15.5. The van der Waals surface area contributed by atoms with E-state index in [9.17, 15) is 19.0 Å². The predicted octanol–water partition coefficient (Wildman–Crippen LogP) is 3.45. The van der Waals surface area contributed by atoms with Gasteiger partial charge in [0.1, 0.15) is 0 Å². The van der Waals surface area contributed by atoms with Gasteiger partial charge in [0.15, 0.2) is 0 Å². The Kier molecular flexibility index (Phi) is 14.2. The van der Waals surface area contributed by atoms with Gasteiger partial charge in [-0.1, -0.05) is 30.3 Å². The predicted molar refractivity (Wildman–Crippen MR) is 192 cm³/mol. The Morgan fingerprint density at radius 1 is 1.02 bits per heavy atom. The Morgan fingerprint density at radius 2 is 1.81 bits per heavy atom. The van der Waals surface area contributed by atoms with Crippen molar-refractivity contribution in [1.29, 1.82) is 0 Å². The zero-order chi connectivity index (χ0) is 33.6. The van der Waals surface area contributed by atoms with Crippen LogP contribution in [0.5, 0.6) is 0 Å². The third-order valence-corrected chi connectivity index (χ3v) is 8.53. The number of hydrogen-bond acceptors (Lipinski definition) is 6. The van der Waals surface area contributed by atoms with E-state index in [1.54, 1.807) is 18.2 Å². The molecule has 0 unspecified atom stereocenters. The summed E-state index contributed by atoms with van der Waals surface area (Å²) in [5.41, 5.74) is 1.96. The monoisotopic (exact) mass is 670 g/mol. The first-order valence-corrected chi connectivity index (χ1v) is 16.2. The number of fused-ring (bicyclic) bond motifs is 1. The Hall–Kier alpha value is -3.80. The molecule has 0 saturated carbocycles. The standard InChI is InChI=1S/C32H35B3Cl2N6O4/c33-31(45)41-32(40-21-35-47)38-12-3-6-27-19-42(13-11-22-7-8-23-4-1-2-5-24(23)16-22)14-15-43(27)30(44)29(39-20-34-46)17-25-9-10-26(36)18-28(25)37/h1-2,4-5,7-10,16,18,20-21,27,29H,3,6,11-15,17,19,33H2,(H,38,41,45)/b39-20-,40-21-/t27-,29+/m0/s1.